The standard InChI is InChI=1S/C15H13N3O4/c1-21-12-4-3-9(7-13(12)22-2)10-5-6-18-14(16-10)8-11(17-18)15(19)20/h3-8H,1-2H3,(H,19,20). The number of carboxylic acid groups (broad SMARTS) is 1. The molecule has 0 unspecified atom stereocenters. The molecule has 0 spiro atoms. The number of methoxy groups -OCH3 is 2. The van der Waals surface area contributed by atoms with E-state index in [9.17, 15) is 4.79 Å². The fourth-order valence-electron chi connectivity index (χ4n) is 2.14. The van der Waals surface area contributed by atoms with E-state index >= 15 is 0 Å². The minimum absolute atomic E-state index is 0.0445. The van der Waals surface area contributed by atoms with Gasteiger partial charge in [-0.1, -0.05) is 0 Å². The molecule has 0 bridgehead atoms. The van der Waals surface area contributed by atoms with Gasteiger partial charge in [-0.2, -0.15) is 5.10 Å². The van der Waals surface area contributed by atoms with Crippen molar-refractivity contribution in [3.8, 4) is 22.8 Å². The first kappa shape index (κ1) is 13.9. The van der Waals surface area contributed by atoms with Crippen LogP contribution >= 0.6 is 0 Å². The first-order chi connectivity index (χ1) is 10.6. The first-order valence-electron chi connectivity index (χ1n) is 6.44. The minimum Gasteiger partial charge on any atom is -0.493 e. The van der Waals surface area contributed by atoms with Crippen molar-refractivity contribution in [3.05, 3.63) is 42.2 Å². The third-order valence-electron chi connectivity index (χ3n) is 3.22. The number of fused-ring (bicyclic) bond motifs is 1. The number of aromatic carboxylic acids is 1. The second-order valence-electron chi connectivity index (χ2n) is 4.52. The molecule has 0 aliphatic carbocycles. The van der Waals surface area contributed by atoms with Gasteiger partial charge in [0.2, 0.25) is 0 Å². The molecule has 2 heterocycles. The average Bonchev–Trinajstić information content (AvgIpc) is 2.97. The number of carboxylic acids is 1. The van der Waals surface area contributed by atoms with Crippen LogP contribution in [0.5, 0.6) is 11.5 Å². The summed E-state index contributed by atoms with van der Waals surface area (Å²) in [7, 11) is 3.13. The molecular formula is C15H13N3O4. The normalized spacial score (nSPS) is 10.6. The molecule has 3 rings (SSSR count). The quantitative estimate of drug-likeness (QED) is 0.794. The van der Waals surface area contributed by atoms with Crippen LogP contribution in [-0.2, 0) is 0 Å². The van der Waals surface area contributed by atoms with E-state index in [1.54, 1.807) is 32.5 Å². The van der Waals surface area contributed by atoms with E-state index in [-0.39, 0.29) is 5.69 Å². The molecule has 22 heavy (non-hydrogen) atoms. The van der Waals surface area contributed by atoms with Gasteiger partial charge in [-0.15, -0.1) is 0 Å². The summed E-state index contributed by atoms with van der Waals surface area (Å²) in [5.41, 5.74) is 1.94. The summed E-state index contributed by atoms with van der Waals surface area (Å²) in [5.74, 6) is 0.143. The Hall–Kier alpha value is -3.09. The second-order valence-corrected chi connectivity index (χ2v) is 4.52. The highest BCUT2D eigenvalue weighted by molar-refractivity contribution is 5.86. The Morgan fingerprint density at radius 1 is 1.14 bits per heavy atom. The molecule has 1 N–H and O–H groups in total. The lowest BCUT2D eigenvalue weighted by atomic mass is 10.1. The maximum absolute atomic E-state index is 10.9. The SMILES string of the molecule is COc1ccc(-c2ccn3nc(C(=O)O)cc3n2)cc1OC. The van der Waals surface area contributed by atoms with Gasteiger partial charge in [-0.3, -0.25) is 0 Å². The van der Waals surface area contributed by atoms with Crippen molar-refractivity contribution in [1.29, 1.82) is 0 Å². The van der Waals surface area contributed by atoms with Gasteiger partial charge in [-0.25, -0.2) is 14.3 Å². The van der Waals surface area contributed by atoms with E-state index in [1.165, 1.54) is 10.6 Å². The van der Waals surface area contributed by atoms with E-state index in [2.05, 4.69) is 10.1 Å². The van der Waals surface area contributed by atoms with Gasteiger partial charge in [0.15, 0.2) is 22.8 Å². The summed E-state index contributed by atoms with van der Waals surface area (Å²) in [6.07, 6.45) is 1.67. The molecule has 0 saturated heterocycles. The Bertz CT molecular complexity index is 857. The Labute approximate surface area is 125 Å². The Morgan fingerprint density at radius 2 is 1.91 bits per heavy atom. The first-order valence-corrected chi connectivity index (χ1v) is 6.44. The van der Waals surface area contributed by atoms with E-state index < -0.39 is 5.97 Å². The number of nitrogens with zero attached hydrogens (tertiary/aromatic N) is 3. The van der Waals surface area contributed by atoms with Crippen LogP contribution < -0.4 is 9.47 Å². The van der Waals surface area contributed by atoms with Crippen LogP contribution in [0.15, 0.2) is 36.5 Å². The molecule has 0 saturated carbocycles. The number of hydrogen-bond donors (Lipinski definition) is 1. The van der Waals surface area contributed by atoms with Gasteiger partial charge in [0, 0.05) is 17.8 Å². The fraction of sp³-hybridized carbons (Fsp3) is 0.133. The Balaban J connectivity index is 2.08. The number of benzene rings is 1. The van der Waals surface area contributed by atoms with E-state index in [1.807, 2.05) is 12.1 Å². The lowest BCUT2D eigenvalue weighted by Gasteiger charge is -2.09. The highest BCUT2D eigenvalue weighted by atomic mass is 16.5. The largest absolute Gasteiger partial charge is 0.493 e. The van der Waals surface area contributed by atoms with Gasteiger partial charge in [0.25, 0.3) is 0 Å². The van der Waals surface area contributed by atoms with Gasteiger partial charge >= 0.3 is 5.97 Å². The second kappa shape index (κ2) is 5.36. The zero-order chi connectivity index (χ0) is 15.7. The third-order valence-corrected chi connectivity index (χ3v) is 3.22. The van der Waals surface area contributed by atoms with Crippen molar-refractivity contribution in [2.75, 3.05) is 14.2 Å². The molecule has 0 aliphatic rings. The minimum atomic E-state index is -1.09. The number of aromatic nitrogens is 3. The number of hydrogen-bond acceptors (Lipinski definition) is 5. The van der Waals surface area contributed by atoms with Gasteiger partial charge in [-0.05, 0) is 24.3 Å². The molecule has 112 valence electrons. The van der Waals surface area contributed by atoms with Crippen LogP contribution in [0.1, 0.15) is 10.5 Å². The lowest BCUT2D eigenvalue weighted by Crippen LogP contribution is -1.97. The molecule has 0 aliphatic heterocycles. The zero-order valence-corrected chi connectivity index (χ0v) is 12.0. The third kappa shape index (κ3) is 2.32. The molecule has 1 aromatic carbocycles. The van der Waals surface area contributed by atoms with E-state index in [4.69, 9.17) is 14.6 Å². The summed E-state index contributed by atoms with van der Waals surface area (Å²) < 4.78 is 11.9. The summed E-state index contributed by atoms with van der Waals surface area (Å²) in [5, 5.41) is 12.9. The molecule has 3 aromatic rings. The predicted octanol–water partition coefficient (Wildman–Crippen LogP) is 2.11. The smallest absolute Gasteiger partial charge is 0.356 e. The maximum Gasteiger partial charge on any atom is 0.356 e. The molecule has 0 atom stereocenters. The van der Waals surface area contributed by atoms with Gasteiger partial charge in [0.1, 0.15) is 0 Å². The monoisotopic (exact) mass is 299 g/mol. The van der Waals surface area contributed by atoms with Crippen LogP contribution in [0.3, 0.4) is 0 Å². The van der Waals surface area contributed by atoms with Gasteiger partial charge in [0.05, 0.1) is 19.9 Å². The summed E-state index contributed by atoms with van der Waals surface area (Å²) in [4.78, 5) is 15.4. The highest BCUT2D eigenvalue weighted by Gasteiger charge is 2.12. The van der Waals surface area contributed by atoms with E-state index in [0.29, 0.717) is 22.8 Å². The van der Waals surface area contributed by atoms with Crippen LogP contribution in [0.4, 0.5) is 0 Å². The van der Waals surface area contributed by atoms with Crippen molar-refractivity contribution in [3.63, 3.8) is 0 Å². The molecule has 0 fully saturated rings. The summed E-state index contributed by atoms with van der Waals surface area (Å²) in [6.45, 7) is 0. The average molecular weight is 299 g/mol. The van der Waals surface area contributed by atoms with Crippen LogP contribution in [0.2, 0.25) is 0 Å². The van der Waals surface area contributed by atoms with Crippen molar-refractivity contribution in [1.82, 2.24) is 14.6 Å². The van der Waals surface area contributed by atoms with Crippen molar-refractivity contribution < 1.29 is 19.4 Å². The fourth-order valence-corrected chi connectivity index (χ4v) is 2.14. The van der Waals surface area contributed by atoms with Crippen LogP contribution in [-0.4, -0.2) is 39.9 Å². The Morgan fingerprint density at radius 3 is 2.59 bits per heavy atom. The summed E-state index contributed by atoms with van der Waals surface area (Å²) >= 11 is 0. The topological polar surface area (TPSA) is 86.0 Å². The lowest BCUT2D eigenvalue weighted by molar-refractivity contribution is 0.0690. The van der Waals surface area contributed by atoms with Gasteiger partial charge < -0.3 is 14.6 Å². The molecular weight excluding hydrogens is 286 g/mol. The molecule has 7 heteroatoms. The highest BCUT2D eigenvalue weighted by Crippen LogP contribution is 2.31. The molecule has 2 aromatic heterocycles. The van der Waals surface area contributed by atoms with Crippen LogP contribution in [0, 0.1) is 0 Å². The summed E-state index contributed by atoms with van der Waals surface area (Å²) in [6, 6.07) is 8.64. The number of rotatable bonds is 4. The molecule has 7 nitrogen and oxygen atoms in total. The van der Waals surface area contributed by atoms with Crippen molar-refractivity contribution in [2.45, 2.75) is 0 Å². The van der Waals surface area contributed by atoms with E-state index in [0.717, 1.165) is 5.56 Å². The predicted molar refractivity (Wildman–Crippen MR) is 78.5 cm³/mol. The molecule has 0 radical (unpaired) electrons. The Kier molecular flexibility index (Phi) is 3.38. The van der Waals surface area contributed by atoms with Crippen molar-refractivity contribution >= 4 is 11.6 Å². The van der Waals surface area contributed by atoms with Crippen molar-refractivity contribution in [2.24, 2.45) is 0 Å². The van der Waals surface area contributed by atoms with Crippen LogP contribution in [0.25, 0.3) is 16.9 Å². The number of carbonyl (C=O) groups is 1. The zero-order valence-electron chi connectivity index (χ0n) is 12.0. The number of ether oxygens (including phenoxy) is 2. The maximum atomic E-state index is 10.9. The molecule has 0 amide bonds.